The van der Waals surface area contributed by atoms with Gasteiger partial charge in [-0.2, -0.15) is 5.10 Å². The quantitative estimate of drug-likeness (QED) is 0.908. The molecule has 0 radical (unpaired) electrons. The van der Waals surface area contributed by atoms with Gasteiger partial charge >= 0.3 is 0 Å². The second-order valence-corrected chi connectivity index (χ2v) is 5.16. The molecule has 108 valence electrons. The molecule has 1 N–H and O–H groups in total. The molecule has 0 fully saturated rings. The maximum Gasteiger partial charge on any atom is 0.127 e. The van der Waals surface area contributed by atoms with Crippen molar-refractivity contribution in [2.75, 3.05) is 0 Å². The fourth-order valence-electron chi connectivity index (χ4n) is 2.22. The molecule has 2 rings (SSSR count). The van der Waals surface area contributed by atoms with Gasteiger partial charge in [0.15, 0.2) is 0 Å². The van der Waals surface area contributed by atoms with E-state index in [-0.39, 0.29) is 11.9 Å². The molecule has 3 nitrogen and oxygen atoms in total. The van der Waals surface area contributed by atoms with Crippen molar-refractivity contribution in [1.29, 1.82) is 0 Å². The Bertz CT molecular complexity index is 595. The van der Waals surface area contributed by atoms with E-state index in [1.165, 1.54) is 6.07 Å². The Balaban J connectivity index is 2.11. The van der Waals surface area contributed by atoms with Crippen molar-refractivity contribution in [3.63, 3.8) is 0 Å². The summed E-state index contributed by atoms with van der Waals surface area (Å²) in [6.07, 6.45) is 0. The molecule has 1 heterocycles. The average molecular weight is 296 g/mol. The Morgan fingerprint density at radius 3 is 2.75 bits per heavy atom. The number of nitrogens with one attached hydrogen (secondary N) is 1. The Morgan fingerprint density at radius 1 is 1.40 bits per heavy atom. The minimum absolute atomic E-state index is 0.0900. The SMILES string of the molecule is CCn1nc(C)c(Cl)c1CN[C@H](C)c1ccccc1F. The van der Waals surface area contributed by atoms with E-state index in [4.69, 9.17) is 11.6 Å². The van der Waals surface area contributed by atoms with Crippen LogP contribution in [-0.2, 0) is 13.1 Å². The highest BCUT2D eigenvalue weighted by atomic mass is 35.5. The summed E-state index contributed by atoms with van der Waals surface area (Å²) < 4.78 is 15.6. The van der Waals surface area contributed by atoms with Gasteiger partial charge in [0.25, 0.3) is 0 Å². The largest absolute Gasteiger partial charge is 0.304 e. The van der Waals surface area contributed by atoms with E-state index in [1.54, 1.807) is 12.1 Å². The number of rotatable bonds is 5. The first-order valence-corrected chi connectivity index (χ1v) is 7.12. The van der Waals surface area contributed by atoms with Crippen molar-refractivity contribution in [3.8, 4) is 0 Å². The van der Waals surface area contributed by atoms with Crippen molar-refractivity contribution in [2.45, 2.75) is 39.9 Å². The highest BCUT2D eigenvalue weighted by molar-refractivity contribution is 6.31. The number of halogens is 2. The molecule has 0 bridgehead atoms. The molecule has 20 heavy (non-hydrogen) atoms. The summed E-state index contributed by atoms with van der Waals surface area (Å²) in [5, 5.41) is 8.35. The molecular formula is C15H19ClFN3. The fraction of sp³-hybridized carbons (Fsp3) is 0.400. The predicted molar refractivity (Wildman–Crippen MR) is 79.3 cm³/mol. The zero-order chi connectivity index (χ0) is 14.7. The van der Waals surface area contributed by atoms with Gasteiger partial charge in [0, 0.05) is 24.7 Å². The third-order valence-corrected chi connectivity index (χ3v) is 3.89. The number of hydrogen-bond acceptors (Lipinski definition) is 2. The van der Waals surface area contributed by atoms with E-state index in [0.29, 0.717) is 17.1 Å². The topological polar surface area (TPSA) is 29.9 Å². The second kappa shape index (κ2) is 6.37. The van der Waals surface area contributed by atoms with E-state index in [2.05, 4.69) is 10.4 Å². The third-order valence-electron chi connectivity index (χ3n) is 3.40. The highest BCUT2D eigenvalue weighted by Gasteiger charge is 2.15. The number of hydrogen-bond donors (Lipinski definition) is 1. The van der Waals surface area contributed by atoms with Crippen molar-refractivity contribution in [3.05, 3.63) is 52.1 Å². The zero-order valence-electron chi connectivity index (χ0n) is 12.0. The smallest absolute Gasteiger partial charge is 0.127 e. The summed E-state index contributed by atoms with van der Waals surface area (Å²) >= 11 is 6.26. The molecule has 0 aliphatic rings. The van der Waals surface area contributed by atoms with Gasteiger partial charge in [0.1, 0.15) is 5.82 Å². The lowest BCUT2D eigenvalue weighted by Gasteiger charge is -2.15. The molecule has 0 unspecified atom stereocenters. The van der Waals surface area contributed by atoms with Gasteiger partial charge in [0.05, 0.1) is 16.4 Å². The van der Waals surface area contributed by atoms with Crippen LogP contribution in [0.5, 0.6) is 0 Å². The van der Waals surface area contributed by atoms with E-state index < -0.39 is 0 Å². The maximum absolute atomic E-state index is 13.7. The average Bonchev–Trinajstić information content (AvgIpc) is 2.72. The van der Waals surface area contributed by atoms with Crippen LogP contribution < -0.4 is 5.32 Å². The molecule has 0 saturated heterocycles. The predicted octanol–water partition coefficient (Wildman–Crippen LogP) is 3.85. The number of benzene rings is 1. The van der Waals surface area contributed by atoms with Crippen molar-refractivity contribution < 1.29 is 4.39 Å². The van der Waals surface area contributed by atoms with Gasteiger partial charge in [-0.05, 0) is 26.8 Å². The van der Waals surface area contributed by atoms with E-state index >= 15 is 0 Å². The Labute approximate surface area is 123 Å². The summed E-state index contributed by atoms with van der Waals surface area (Å²) in [5.74, 6) is -0.196. The minimum atomic E-state index is -0.196. The molecule has 0 spiro atoms. The van der Waals surface area contributed by atoms with Gasteiger partial charge in [-0.25, -0.2) is 4.39 Å². The van der Waals surface area contributed by atoms with Crippen LogP contribution in [0, 0.1) is 12.7 Å². The van der Waals surface area contributed by atoms with E-state index in [9.17, 15) is 4.39 Å². The second-order valence-electron chi connectivity index (χ2n) is 4.79. The highest BCUT2D eigenvalue weighted by Crippen LogP contribution is 2.22. The first-order chi connectivity index (χ1) is 9.54. The van der Waals surface area contributed by atoms with Gasteiger partial charge in [-0.15, -0.1) is 0 Å². The molecule has 1 aromatic heterocycles. The first-order valence-electron chi connectivity index (χ1n) is 6.74. The molecular weight excluding hydrogens is 277 g/mol. The number of aromatic nitrogens is 2. The van der Waals surface area contributed by atoms with Crippen LogP contribution in [0.3, 0.4) is 0 Å². The molecule has 0 aliphatic heterocycles. The normalized spacial score (nSPS) is 12.7. The lowest BCUT2D eigenvalue weighted by atomic mass is 10.1. The summed E-state index contributed by atoms with van der Waals surface area (Å²) in [5.41, 5.74) is 2.42. The van der Waals surface area contributed by atoms with Crippen LogP contribution in [0.2, 0.25) is 5.02 Å². The molecule has 0 aliphatic carbocycles. The summed E-state index contributed by atoms with van der Waals surface area (Å²) in [7, 11) is 0. The van der Waals surface area contributed by atoms with Gasteiger partial charge in [0.2, 0.25) is 0 Å². The molecule has 0 amide bonds. The zero-order valence-corrected chi connectivity index (χ0v) is 12.7. The summed E-state index contributed by atoms with van der Waals surface area (Å²) in [4.78, 5) is 0. The standard InChI is InChI=1S/C15H19ClFN3/c1-4-20-14(15(16)11(3)19-20)9-18-10(2)12-7-5-6-8-13(12)17/h5-8,10,18H,4,9H2,1-3H3/t10-/m1/s1. The monoisotopic (exact) mass is 295 g/mol. The van der Waals surface area contributed by atoms with Crippen LogP contribution in [-0.4, -0.2) is 9.78 Å². The molecule has 0 saturated carbocycles. The van der Waals surface area contributed by atoms with Crippen molar-refractivity contribution in [2.24, 2.45) is 0 Å². The maximum atomic E-state index is 13.7. The molecule has 5 heteroatoms. The van der Waals surface area contributed by atoms with Crippen molar-refractivity contribution in [1.82, 2.24) is 15.1 Å². The minimum Gasteiger partial charge on any atom is -0.304 e. The summed E-state index contributed by atoms with van der Waals surface area (Å²) in [6.45, 7) is 7.17. The lowest BCUT2D eigenvalue weighted by Crippen LogP contribution is -2.21. The summed E-state index contributed by atoms with van der Waals surface area (Å²) in [6, 6.07) is 6.70. The van der Waals surface area contributed by atoms with Gasteiger partial charge in [-0.3, -0.25) is 4.68 Å². The van der Waals surface area contributed by atoms with E-state index in [1.807, 2.05) is 31.5 Å². The van der Waals surface area contributed by atoms with E-state index in [0.717, 1.165) is 17.9 Å². The Hall–Kier alpha value is -1.39. The third kappa shape index (κ3) is 3.02. The molecule has 1 atom stereocenters. The van der Waals surface area contributed by atoms with Crippen LogP contribution in [0.25, 0.3) is 0 Å². The molecule has 1 aromatic carbocycles. The fourth-order valence-corrected chi connectivity index (χ4v) is 2.43. The first kappa shape index (κ1) is 15.0. The molecule has 2 aromatic rings. The van der Waals surface area contributed by atoms with Crippen LogP contribution in [0.4, 0.5) is 4.39 Å². The van der Waals surface area contributed by atoms with Crippen LogP contribution >= 0.6 is 11.6 Å². The van der Waals surface area contributed by atoms with Crippen molar-refractivity contribution >= 4 is 11.6 Å². The Morgan fingerprint density at radius 2 is 2.10 bits per heavy atom. The Kier molecular flexibility index (Phi) is 4.78. The number of aryl methyl sites for hydroxylation is 2. The van der Waals surface area contributed by atoms with Gasteiger partial charge < -0.3 is 5.32 Å². The van der Waals surface area contributed by atoms with Crippen LogP contribution in [0.1, 0.15) is 36.8 Å². The lowest BCUT2D eigenvalue weighted by molar-refractivity contribution is 0.506. The number of nitrogens with zero attached hydrogens (tertiary/aromatic N) is 2. The van der Waals surface area contributed by atoms with Gasteiger partial charge in [-0.1, -0.05) is 29.8 Å². The van der Waals surface area contributed by atoms with Crippen LogP contribution in [0.15, 0.2) is 24.3 Å².